The maximum absolute atomic E-state index is 14.0. The number of benzene rings is 3. The molecule has 1 N–H and O–H groups in total. The fourth-order valence-electron chi connectivity index (χ4n) is 4.63. The minimum atomic E-state index is -3.64. The zero-order chi connectivity index (χ0) is 31.1. The first kappa shape index (κ1) is 33.6. The average Bonchev–Trinajstić information content (AvgIpc) is 2.90. The molecule has 0 aliphatic rings. The largest absolute Gasteiger partial charge is 0.350 e. The Balaban J connectivity index is 1.92. The van der Waals surface area contributed by atoms with Gasteiger partial charge in [-0.1, -0.05) is 76.1 Å². The van der Waals surface area contributed by atoms with Crippen LogP contribution in [-0.2, 0) is 32.6 Å². The first-order chi connectivity index (χ1) is 19.6. The molecule has 1 atom stereocenters. The smallest absolute Gasteiger partial charge is 0.243 e. The van der Waals surface area contributed by atoms with Gasteiger partial charge in [0.15, 0.2) is 0 Å². The highest BCUT2D eigenvalue weighted by molar-refractivity contribution is 9.10. The van der Waals surface area contributed by atoms with Crippen LogP contribution in [0.25, 0.3) is 0 Å². The van der Waals surface area contributed by atoms with Crippen LogP contribution >= 0.6 is 27.5 Å². The summed E-state index contributed by atoms with van der Waals surface area (Å²) >= 11 is 9.63. The quantitative estimate of drug-likeness (QED) is 0.237. The van der Waals surface area contributed by atoms with Crippen LogP contribution in [0.4, 0.5) is 5.69 Å². The molecule has 226 valence electrons. The third-order valence-corrected chi connectivity index (χ3v) is 8.57. The fourth-order valence-corrected chi connectivity index (χ4v) is 6.07. The Kier molecular flexibility index (Phi) is 11.6. The number of carbonyl (C=O) groups excluding carboxylic acids is 2. The highest BCUT2D eigenvalue weighted by Gasteiger charge is 2.32. The number of anilines is 1. The van der Waals surface area contributed by atoms with Gasteiger partial charge in [0.05, 0.1) is 11.9 Å². The summed E-state index contributed by atoms with van der Waals surface area (Å²) in [6.07, 6.45) is 1.79. The van der Waals surface area contributed by atoms with Crippen LogP contribution in [0.2, 0.25) is 5.02 Å². The third-order valence-electron chi connectivity index (χ3n) is 6.63. The van der Waals surface area contributed by atoms with Crippen molar-refractivity contribution in [2.75, 3.05) is 17.1 Å². The van der Waals surface area contributed by atoms with Crippen molar-refractivity contribution in [2.45, 2.75) is 65.1 Å². The van der Waals surface area contributed by atoms with Gasteiger partial charge in [-0.05, 0) is 75.1 Å². The van der Waals surface area contributed by atoms with Gasteiger partial charge in [-0.2, -0.15) is 0 Å². The Morgan fingerprint density at radius 3 is 2.21 bits per heavy atom. The van der Waals surface area contributed by atoms with Crippen LogP contribution in [-0.4, -0.2) is 49.5 Å². The molecule has 0 aliphatic heterocycles. The van der Waals surface area contributed by atoms with Gasteiger partial charge in [0.25, 0.3) is 0 Å². The van der Waals surface area contributed by atoms with E-state index in [-0.39, 0.29) is 37.7 Å². The summed E-state index contributed by atoms with van der Waals surface area (Å²) in [6, 6.07) is 21.6. The van der Waals surface area contributed by atoms with Crippen LogP contribution in [0.15, 0.2) is 77.3 Å². The molecule has 0 radical (unpaired) electrons. The van der Waals surface area contributed by atoms with E-state index < -0.39 is 21.6 Å². The number of rotatable bonds is 12. The molecule has 0 aromatic heterocycles. The van der Waals surface area contributed by atoms with Crippen molar-refractivity contribution >= 4 is 55.1 Å². The molecule has 0 saturated carbocycles. The standard InChI is InChI=1S/C32H39BrClN3O4S/c1-23-13-18-27(34)21-28(23)37(42(5,40)41)19-9-12-30(38)36(22-25-14-16-26(33)17-15-25)29(31(39)35-32(2,3)4)20-24-10-7-6-8-11-24/h6-8,10-11,13-18,21,29H,9,12,19-20,22H2,1-5H3,(H,35,39)/t29-/m1/s1. The second-order valence-corrected chi connectivity index (χ2v) is 14.7. The predicted octanol–water partition coefficient (Wildman–Crippen LogP) is 6.51. The maximum Gasteiger partial charge on any atom is 0.243 e. The molecule has 3 rings (SSSR count). The predicted molar refractivity (Wildman–Crippen MR) is 174 cm³/mol. The molecule has 2 amide bonds. The maximum atomic E-state index is 14.0. The lowest BCUT2D eigenvalue weighted by Gasteiger charge is -2.34. The normalized spacial score (nSPS) is 12.5. The lowest BCUT2D eigenvalue weighted by atomic mass is 10.00. The van der Waals surface area contributed by atoms with E-state index in [9.17, 15) is 18.0 Å². The van der Waals surface area contributed by atoms with Crippen LogP contribution in [0.3, 0.4) is 0 Å². The summed E-state index contributed by atoms with van der Waals surface area (Å²) in [5, 5.41) is 3.48. The topological polar surface area (TPSA) is 86.8 Å². The summed E-state index contributed by atoms with van der Waals surface area (Å²) < 4.78 is 27.7. The van der Waals surface area contributed by atoms with Gasteiger partial charge in [0, 0.05) is 41.0 Å². The summed E-state index contributed by atoms with van der Waals surface area (Å²) in [5.41, 5.74) is 2.55. The van der Waals surface area contributed by atoms with Gasteiger partial charge in [0.2, 0.25) is 21.8 Å². The number of carbonyl (C=O) groups is 2. The molecular weight excluding hydrogens is 638 g/mol. The van der Waals surface area contributed by atoms with Gasteiger partial charge < -0.3 is 10.2 Å². The first-order valence-corrected chi connectivity index (χ1v) is 16.8. The van der Waals surface area contributed by atoms with E-state index >= 15 is 0 Å². The molecule has 7 nitrogen and oxygen atoms in total. The summed E-state index contributed by atoms with van der Waals surface area (Å²) in [7, 11) is -3.64. The first-order valence-electron chi connectivity index (χ1n) is 13.8. The summed E-state index contributed by atoms with van der Waals surface area (Å²) in [6.45, 7) is 7.85. The Morgan fingerprint density at radius 2 is 1.62 bits per heavy atom. The van der Waals surface area contributed by atoms with E-state index in [1.54, 1.807) is 23.1 Å². The van der Waals surface area contributed by atoms with Crippen molar-refractivity contribution in [2.24, 2.45) is 0 Å². The van der Waals surface area contributed by atoms with Gasteiger partial charge in [0.1, 0.15) is 6.04 Å². The molecule has 0 unspecified atom stereocenters. The summed E-state index contributed by atoms with van der Waals surface area (Å²) in [5.74, 6) is -0.483. The molecule has 0 heterocycles. The second kappa shape index (κ2) is 14.5. The van der Waals surface area contributed by atoms with Gasteiger partial charge in [-0.15, -0.1) is 0 Å². The Hall–Kier alpha value is -2.88. The van der Waals surface area contributed by atoms with E-state index in [0.29, 0.717) is 17.1 Å². The van der Waals surface area contributed by atoms with Crippen molar-refractivity contribution in [1.82, 2.24) is 10.2 Å². The average molecular weight is 677 g/mol. The number of amides is 2. The molecule has 10 heteroatoms. The number of halogens is 2. The second-order valence-electron chi connectivity index (χ2n) is 11.5. The molecule has 0 spiro atoms. The lowest BCUT2D eigenvalue weighted by molar-refractivity contribution is -0.142. The van der Waals surface area contributed by atoms with Crippen molar-refractivity contribution in [3.8, 4) is 0 Å². The Bertz CT molecular complexity index is 1480. The number of hydrogen-bond donors (Lipinski definition) is 1. The van der Waals surface area contributed by atoms with Gasteiger partial charge in [-0.3, -0.25) is 13.9 Å². The third kappa shape index (κ3) is 10.1. The van der Waals surface area contributed by atoms with Gasteiger partial charge >= 0.3 is 0 Å². The zero-order valence-corrected chi connectivity index (χ0v) is 27.9. The zero-order valence-electron chi connectivity index (χ0n) is 24.7. The number of nitrogens with one attached hydrogen (secondary N) is 1. The van der Waals surface area contributed by atoms with E-state index in [1.807, 2.05) is 82.3 Å². The Labute approximate surface area is 263 Å². The summed E-state index contributed by atoms with van der Waals surface area (Å²) in [4.78, 5) is 29.3. The lowest BCUT2D eigenvalue weighted by Crippen LogP contribution is -2.54. The van der Waals surface area contributed by atoms with E-state index in [1.165, 1.54) is 4.31 Å². The SMILES string of the molecule is Cc1ccc(Cl)cc1N(CCCC(=O)N(Cc1ccc(Br)cc1)[C@H](Cc1ccccc1)C(=O)NC(C)(C)C)S(C)(=O)=O. The van der Waals surface area contributed by atoms with E-state index in [2.05, 4.69) is 21.2 Å². The molecule has 0 bridgehead atoms. The number of aryl methyl sites for hydroxylation is 1. The van der Waals surface area contributed by atoms with Crippen molar-refractivity contribution in [3.63, 3.8) is 0 Å². The molecular formula is C32H39BrClN3O4S. The molecule has 0 saturated heterocycles. The van der Waals surface area contributed by atoms with Crippen LogP contribution < -0.4 is 9.62 Å². The van der Waals surface area contributed by atoms with Crippen molar-refractivity contribution in [1.29, 1.82) is 0 Å². The van der Waals surface area contributed by atoms with Crippen LogP contribution in [0, 0.1) is 6.92 Å². The van der Waals surface area contributed by atoms with Crippen LogP contribution in [0.1, 0.15) is 50.3 Å². The highest BCUT2D eigenvalue weighted by Crippen LogP contribution is 2.27. The fraction of sp³-hybridized carbons (Fsp3) is 0.375. The molecule has 42 heavy (non-hydrogen) atoms. The highest BCUT2D eigenvalue weighted by atomic mass is 79.9. The number of sulfonamides is 1. The molecule has 3 aromatic rings. The minimum Gasteiger partial charge on any atom is -0.350 e. The molecule has 0 fully saturated rings. The number of hydrogen-bond acceptors (Lipinski definition) is 4. The Morgan fingerprint density at radius 1 is 0.976 bits per heavy atom. The van der Waals surface area contributed by atoms with Gasteiger partial charge in [-0.25, -0.2) is 8.42 Å². The van der Waals surface area contributed by atoms with Crippen molar-refractivity contribution in [3.05, 3.63) is 99.0 Å². The number of nitrogens with zero attached hydrogens (tertiary/aromatic N) is 2. The monoisotopic (exact) mass is 675 g/mol. The minimum absolute atomic E-state index is 0.0518. The van der Waals surface area contributed by atoms with E-state index in [4.69, 9.17) is 11.6 Å². The molecule has 0 aliphatic carbocycles. The van der Waals surface area contributed by atoms with Crippen molar-refractivity contribution < 1.29 is 18.0 Å². The molecule has 3 aromatic carbocycles. The van der Waals surface area contributed by atoms with Crippen LogP contribution in [0.5, 0.6) is 0 Å². The van der Waals surface area contributed by atoms with E-state index in [0.717, 1.165) is 27.4 Å².